The van der Waals surface area contributed by atoms with E-state index in [0.29, 0.717) is 12.8 Å². The van der Waals surface area contributed by atoms with E-state index in [1.165, 1.54) is 6.08 Å². The molecule has 0 amide bonds. The van der Waals surface area contributed by atoms with Crippen LogP contribution >= 0.6 is 0 Å². The smallest absolute Gasteiger partial charge is 0.366 e. The van der Waals surface area contributed by atoms with Crippen molar-refractivity contribution in [1.82, 2.24) is 0 Å². The highest BCUT2D eigenvalue weighted by Gasteiger charge is 2.62. The van der Waals surface area contributed by atoms with Gasteiger partial charge in [0.25, 0.3) is 0 Å². The topological polar surface area (TPSA) is 52.6 Å². The predicted octanol–water partition coefficient (Wildman–Crippen LogP) is 3.87. The van der Waals surface area contributed by atoms with Gasteiger partial charge in [0.15, 0.2) is 0 Å². The molecule has 1 rings (SSSR count). The zero-order valence-electron chi connectivity index (χ0n) is 15.0. The Hall–Kier alpha value is -2.16. The molecule has 25 heavy (non-hydrogen) atoms. The molecule has 1 aliphatic rings. The van der Waals surface area contributed by atoms with Crippen LogP contribution in [0.5, 0.6) is 0 Å². The maximum absolute atomic E-state index is 13.9. The quantitative estimate of drug-likeness (QED) is 0.377. The lowest BCUT2D eigenvalue weighted by molar-refractivity contribution is -0.148. The summed E-state index contributed by atoms with van der Waals surface area (Å²) in [6.07, 6.45) is 7.09. The third kappa shape index (κ3) is 5.15. The summed E-state index contributed by atoms with van der Waals surface area (Å²) in [4.78, 5) is 23.7. The first-order valence-corrected chi connectivity index (χ1v) is 8.27. The minimum absolute atomic E-state index is 0.118. The fraction of sp³-hybridized carbons (Fsp3) is 0.579. The highest BCUT2D eigenvalue weighted by Crippen LogP contribution is 2.60. The third-order valence-electron chi connectivity index (χ3n) is 4.16. The van der Waals surface area contributed by atoms with Crippen molar-refractivity contribution >= 4 is 11.9 Å². The Bertz CT molecular complexity index is 613. The van der Waals surface area contributed by atoms with Crippen LogP contribution in [0.15, 0.2) is 23.8 Å². The lowest BCUT2D eigenvalue weighted by Gasteiger charge is -2.11. The highest BCUT2D eigenvalue weighted by atomic mass is 19.1. The van der Waals surface area contributed by atoms with Gasteiger partial charge in [-0.1, -0.05) is 33.6 Å². The van der Waals surface area contributed by atoms with Crippen LogP contribution in [0.3, 0.4) is 0 Å². The van der Waals surface area contributed by atoms with E-state index in [1.807, 2.05) is 0 Å². The van der Waals surface area contributed by atoms with E-state index in [9.17, 15) is 18.4 Å². The average molecular weight is 354 g/mol. The van der Waals surface area contributed by atoms with Crippen molar-refractivity contribution < 1.29 is 27.8 Å². The predicted molar refractivity (Wildman–Crippen MR) is 89.4 cm³/mol. The molecule has 3 unspecified atom stereocenters. The summed E-state index contributed by atoms with van der Waals surface area (Å²) in [6, 6.07) is 0. The average Bonchev–Trinajstić information content (AvgIpc) is 3.10. The number of allylic oxidation sites excluding steroid dienone is 2. The largest absolute Gasteiger partial charge is 0.460 e. The van der Waals surface area contributed by atoms with Gasteiger partial charge in [-0.15, -0.1) is 6.42 Å². The van der Waals surface area contributed by atoms with E-state index in [4.69, 9.17) is 15.9 Å². The molecular weight excluding hydrogens is 330 g/mol. The number of carbonyl (C=O) groups is 2. The van der Waals surface area contributed by atoms with Crippen LogP contribution in [0, 0.1) is 29.6 Å². The minimum Gasteiger partial charge on any atom is -0.460 e. The standard InChI is InChI=1S/C19H24F2O4/c1-6-9-13(20)15(8-3)25-18(23)16-12(19(16,4)5)11-14(21)17(22)24-10-7-2/h3,9,11-12,15-16H,6-7,10H2,1-2,4-5H3. The molecule has 0 N–H and O–H groups in total. The molecule has 0 bridgehead atoms. The van der Waals surface area contributed by atoms with E-state index in [2.05, 4.69) is 5.92 Å². The molecule has 0 aromatic heterocycles. The summed E-state index contributed by atoms with van der Waals surface area (Å²) in [5, 5.41) is 0. The summed E-state index contributed by atoms with van der Waals surface area (Å²) in [5.41, 5.74) is -0.621. The van der Waals surface area contributed by atoms with Gasteiger partial charge in [0.05, 0.1) is 12.5 Å². The Kier molecular flexibility index (Phi) is 7.35. The Balaban J connectivity index is 2.79. The molecule has 0 aromatic rings. The Morgan fingerprint density at radius 3 is 2.48 bits per heavy atom. The number of hydrogen-bond acceptors (Lipinski definition) is 4. The van der Waals surface area contributed by atoms with E-state index in [-0.39, 0.29) is 6.61 Å². The van der Waals surface area contributed by atoms with Crippen LogP contribution in [-0.2, 0) is 19.1 Å². The molecule has 0 saturated heterocycles. The number of ether oxygens (including phenoxy) is 2. The van der Waals surface area contributed by atoms with Gasteiger partial charge in [-0.3, -0.25) is 4.79 Å². The van der Waals surface area contributed by atoms with Crippen molar-refractivity contribution in [1.29, 1.82) is 0 Å². The number of rotatable bonds is 8. The summed E-state index contributed by atoms with van der Waals surface area (Å²) < 4.78 is 37.4. The van der Waals surface area contributed by atoms with E-state index in [1.54, 1.807) is 27.7 Å². The Labute approximate surface area is 147 Å². The molecule has 4 nitrogen and oxygen atoms in total. The van der Waals surface area contributed by atoms with Gasteiger partial charge in [-0.25, -0.2) is 9.18 Å². The molecule has 0 spiro atoms. The van der Waals surface area contributed by atoms with E-state index in [0.717, 1.165) is 6.08 Å². The van der Waals surface area contributed by atoms with Gasteiger partial charge in [0.2, 0.25) is 11.9 Å². The molecule has 1 aliphatic carbocycles. The lowest BCUT2D eigenvalue weighted by Crippen LogP contribution is -2.20. The lowest BCUT2D eigenvalue weighted by atomic mass is 10.1. The minimum atomic E-state index is -1.40. The fourth-order valence-electron chi connectivity index (χ4n) is 2.59. The first kappa shape index (κ1) is 20.9. The maximum Gasteiger partial charge on any atom is 0.366 e. The Morgan fingerprint density at radius 1 is 1.32 bits per heavy atom. The molecule has 0 aromatic carbocycles. The van der Waals surface area contributed by atoms with Crippen LogP contribution in [-0.4, -0.2) is 24.6 Å². The summed E-state index contributed by atoms with van der Waals surface area (Å²) in [7, 11) is 0. The third-order valence-corrected chi connectivity index (χ3v) is 4.16. The van der Waals surface area contributed by atoms with Gasteiger partial charge in [-0.2, -0.15) is 4.39 Å². The second-order valence-corrected chi connectivity index (χ2v) is 6.46. The molecule has 0 radical (unpaired) electrons. The van der Waals surface area contributed by atoms with Gasteiger partial charge in [-0.05, 0) is 36.3 Å². The van der Waals surface area contributed by atoms with Crippen LogP contribution in [0.2, 0.25) is 0 Å². The molecule has 3 atom stereocenters. The summed E-state index contributed by atoms with van der Waals surface area (Å²) in [6.45, 7) is 7.09. The second kappa shape index (κ2) is 8.80. The number of hydrogen-bond donors (Lipinski definition) is 0. The number of halogens is 2. The zero-order valence-corrected chi connectivity index (χ0v) is 15.0. The number of carbonyl (C=O) groups excluding carboxylic acids is 2. The summed E-state index contributed by atoms with van der Waals surface area (Å²) >= 11 is 0. The highest BCUT2D eigenvalue weighted by molar-refractivity contribution is 5.87. The van der Waals surface area contributed by atoms with Crippen molar-refractivity contribution in [3.63, 3.8) is 0 Å². The van der Waals surface area contributed by atoms with Crippen LogP contribution in [0.25, 0.3) is 0 Å². The van der Waals surface area contributed by atoms with Gasteiger partial charge in [0, 0.05) is 0 Å². The van der Waals surface area contributed by atoms with Crippen molar-refractivity contribution in [2.75, 3.05) is 6.61 Å². The first-order chi connectivity index (χ1) is 11.7. The molecule has 0 aliphatic heterocycles. The maximum atomic E-state index is 13.9. The summed E-state index contributed by atoms with van der Waals surface area (Å²) in [5.74, 6) is -2.72. The van der Waals surface area contributed by atoms with Crippen molar-refractivity contribution in [3.8, 4) is 12.3 Å². The van der Waals surface area contributed by atoms with E-state index >= 15 is 0 Å². The van der Waals surface area contributed by atoms with Crippen molar-refractivity contribution in [2.45, 2.75) is 46.6 Å². The normalized spacial score (nSPS) is 23.4. The van der Waals surface area contributed by atoms with Crippen LogP contribution in [0.1, 0.15) is 40.5 Å². The fourth-order valence-corrected chi connectivity index (χ4v) is 2.59. The van der Waals surface area contributed by atoms with Crippen molar-refractivity contribution in [2.24, 2.45) is 17.3 Å². The SMILES string of the molecule is C#CC(OC(=O)C1C(C=C(F)C(=O)OCCC)C1(C)C)C(F)=CCC. The Morgan fingerprint density at radius 2 is 1.96 bits per heavy atom. The molecule has 1 saturated carbocycles. The second-order valence-electron chi connectivity index (χ2n) is 6.46. The van der Waals surface area contributed by atoms with E-state index < -0.39 is 46.9 Å². The van der Waals surface area contributed by atoms with Gasteiger partial charge in [0.1, 0.15) is 5.83 Å². The molecule has 0 heterocycles. The van der Waals surface area contributed by atoms with Gasteiger partial charge >= 0.3 is 11.9 Å². The van der Waals surface area contributed by atoms with Gasteiger partial charge < -0.3 is 9.47 Å². The molecular formula is C19H24F2O4. The van der Waals surface area contributed by atoms with Crippen LogP contribution < -0.4 is 0 Å². The van der Waals surface area contributed by atoms with Crippen molar-refractivity contribution in [3.05, 3.63) is 23.8 Å². The monoisotopic (exact) mass is 354 g/mol. The first-order valence-electron chi connectivity index (χ1n) is 8.27. The number of terminal acetylenes is 1. The molecule has 138 valence electrons. The zero-order chi connectivity index (χ0) is 19.2. The molecule has 1 fully saturated rings. The number of esters is 2. The molecule has 6 heteroatoms. The van der Waals surface area contributed by atoms with Crippen LogP contribution in [0.4, 0.5) is 8.78 Å².